The van der Waals surface area contributed by atoms with Crippen molar-refractivity contribution in [1.29, 1.82) is 0 Å². The smallest absolute Gasteiger partial charge is 0.472 e. The first-order valence-electron chi connectivity index (χ1n) is 16.1. The number of hydrogen-bond donors (Lipinski definition) is 4. The minimum Gasteiger partial charge on any atom is -0.481 e. The standard InChI is InChI=1S/C30H62NO8P/c1-3-4-5-14-19-27(2)20-15-12-10-8-6-7-9-11-13-16-21-28(39-40(35,36)38-25-23-31)29(26-32)37-24-18-17-22-30(33)34/h27-29,32H,3-26,31H2,1-2H3,(H,33,34)(H,35,36)/t27?,28?,29-/m0/s1. The van der Waals surface area contributed by atoms with E-state index >= 15 is 0 Å². The van der Waals surface area contributed by atoms with Crippen molar-refractivity contribution in [3.05, 3.63) is 0 Å². The topological polar surface area (TPSA) is 149 Å². The second kappa shape index (κ2) is 27.3. The number of unbranched alkanes of at least 4 members (excludes halogenated alkanes) is 13. The maximum absolute atomic E-state index is 12.3. The summed E-state index contributed by atoms with van der Waals surface area (Å²) in [4.78, 5) is 20.7. The van der Waals surface area contributed by atoms with Crippen LogP contribution in [0.25, 0.3) is 0 Å². The van der Waals surface area contributed by atoms with Gasteiger partial charge in [0, 0.05) is 19.6 Å². The van der Waals surface area contributed by atoms with Gasteiger partial charge < -0.3 is 25.6 Å². The van der Waals surface area contributed by atoms with E-state index in [1.54, 1.807) is 0 Å². The molecular formula is C30H62NO8P. The largest absolute Gasteiger partial charge is 0.481 e. The number of carbonyl (C=O) groups is 1. The van der Waals surface area contributed by atoms with Gasteiger partial charge in [0.2, 0.25) is 0 Å². The molecule has 0 spiro atoms. The zero-order valence-corrected chi connectivity index (χ0v) is 26.5. The predicted molar refractivity (Wildman–Crippen MR) is 161 cm³/mol. The maximum atomic E-state index is 12.3. The summed E-state index contributed by atoms with van der Waals surface area (Å²) in [6.07, 6.45) is 19.9. The molecule has 9 nitrogen and oxygen atoms in total. The van der Waals surface area contributed by atoms with Crippen LogP contribution in [0.2, 0.25) is 0 Å². The fourth-order valence-electron chi connectivity index (χ4n) is 4.88. The molecule has 3 unspecified atom stereocenters. The molecule has 240 valence electrons. The molecule has 5 N–H and O–H groups in total. The first-order chi connectivity index (χ1) is 19.3. The summed E-state index contributed by atoms with van der Waals surface area (Å²) in [5, 5.41) is 18.6. The van der Waals surface area contributed by atoms with Crippen LogP contribution in [-0.2, 0) is 23.1 Å². The van der Waals surface area contributed by atoms with E-state index in [0.717, 1.165) is 25.2 Å². The van der Waals surface area contributed by atoms with Gasteiger partial charge in [0.05, 0.1) is 19.3 Å². The number of nitrogens with two attached hydrogens (primary N) is 1. The fraction of sp³-hybridized carbons (Fsp3) is 0.967. The van der Waals surface area contributed by atoms with Crippen LogP contribution in [0.5, 0.6) is 0 Å². The number of hydrogen-bond acceptors (Lipinski definition) is 7. The highest BCUT2D eigenvalue weighted by Crippen LogP contribution is 2.45. The first-order valence-corrected chi connectivity index (χ1v) is 17.5. The Morgan fingerprint density at radius 3 is 1.80 bits per heavy atom. The van der Waals surface area contributed by atoms with E-state index in [1.807, 2.05) is 0 Å². The molecule has 0 aliphatic carbocycles. The molecule has 0 saturated carbocycles. The molecule has 4 atom stereocenters. The lowest BCUT2D eigenvalue weighted by Gasteiger charge is -2.27. The van der Waals surface area contributed by atoms with E-state index in [1.165, 1.54) is 83.5 Å². The van der Waals surface area contributed by atoms with Crippen molar-refractivity contribution in [1.82, 2.24) is 0 Å². The molecule has 0 bridgehead atoms. The quantitative estimate of drug-likeness (QED) is 0.0476. The Balaban J connectivity index is 4.15. The Labute approximate surface area is 244 Å². The van der Waals surface area contributed by atoms with Crippen LogP contribution in [0, 0.1) is 5.92 Å². The van der Waals surface area contributed by atoms with Crippen LogP contribution >= 0.6 is 7.82 Å². The summed E-state index contributed by atoms with van der Waals surface area (Å²) >= 11 is 0. The second-order valence-electron chi connectivity index (χ2n) is 11.2. The van der Waals surface area contributed by atoms with Crippen molar-refractivity contribution >= 4 is 13.8 Å². The lowest BCUT2D eigenvalue weighted by molar-refractivity contribution is -0.137. The Hall–Kier alpha value is -0.540. The van der Waals surface area contributed by atoms with Crippen molar-refractivity contribution in [2.75, 3.05) is 26.4 Å². The van der Waals surface area contributed by atoms with E-state index in [0.29, 0.717) is 19.3 Å². The maximum Gasteiger partial charge on any atom is 0.472 e. The van der Waals surface area contributed by atoms with Gasteiger partial charge in [-0.25, -0.2) is 4.57 Å². The number of aliphatic hydroxyl groups excluding tert-OH is 1. The van der Waals surface area contributed by atoms with Crippen LogP contribution in [-0.4, -0.2) is 59.6 Å². The highest BCUT2D eigenvalue weighted by atomic mass is 31.2. The molecule has 0 heterocycles. The van der Waals surface area contributed by atoms with Crippen LogP contribution in [0.1, 0.15) is 142 Å². The molecule has 0 saturated heterocycles. The molecule has 40 heavy (non-hydrogen) atoms. The third-order valence-corrected chi connectivity index (χ3v) is 8.38. The molecular weight excluding hydrogens is 533 g/mol. The van der Waals surface area contributed by atoms with Gasteiger partial charge in [0.15, 0.2) is 0 Å². The fourth-order valence-corrected chi connectivity index (χ4v) is 5.86. The number of aliphatic carboxylic acids is 1. The lowest BCUT2D eigenvalue weighted by Crippen LogP contribution is -2.35. The third-order valence-electron chi connectivity index (χ3n) is 7.34. The highest BCUT2D eigenvalue weighted by Gasteiger charge is 2.32. The summed E-state index contributed by atoms with van der Waals surface area (Å²) in [6.45, 7) is 4.49. The van der Waals surface area contributed by atoms with Gasteiger partial charge in [-0.3, -0.25) is 13.8 Å². The molecule has 0 rings (SSSR count). The van der Waals surface area contributed by atoms with Crippen molar-refractivity contribution < 1.29 is 38.3 Å². The average Bonchev–Trinajstić information content (AvgIpc) is 2.91. The van der Waals surface area contributed by atoms with Crippen molar-refractivity contribution in [2.24, 2.45) is 11.7 Å². The second-order valence-corrected chi connectivity index (χ2v) is 12.7. The van der Waals surface area contributed by atoms with Gasteiger partial charge in [0.1, 0.15) is 6.10 Å². The molecule has 0 aliphatic heterocycles. The number of rotatable bonds is 31. The Kier molecular flexibility index (Phi) is 26.9. The van der Waals surface area contributed by atoms with E-state index in [2.05, 4.69) is 13.8 Å². The van der Waals surface area contributed by atoms with Crippen molar-refractivity contribution in [3.8, 4) is 0 Å². The van der Waals surface area contributed by atoms with Gasteiger partial charge in [-0.15, -0.1) is 0 Å². The molecule has 0 aliphatic rings. The molecule has 0 fully saturated rings. The molecule has 10 heteroatoms. The van der Waals surface area contributed by atoms with E-state index in [4.69, 9.17) is 24.6 Å². The summed E-state index contributed by atoms with van der Waals surface area (Å²) in [5.74, 6) is -0.000623. The average molecular weight is 596 g/mol. The van der Waals surface area contributed by atoms with Gasteiger partial charge in [-0.2, -0.15) is 0 Å². The highest BCUT2D eigenvalue weighted by molar-refractivity contribution is 7.47. The normalized spacial score (nSPS) is 15.5. The predicted octanol–water partition coefficient (Wildman–Crippen LogP) is 7.37. The van der Waals surface area contributed by atoms with Gasteiger partial charge >= 0.3 is 13.8 Å². The van der Waals surface area contributed by atoms with Crippen molar-refractivity contribution in [3.63, 3.8) is 0 Å². The molecule has 0 aromatic carbocycles. The number of aliphatic hydroxyl groups is 1. The zero-order chi connectivity index (χ0) is 29.9. The van der Waals surface area contributed by atoms with Gasteiger partial charge in [0.25, 0.3) is 0 Å². The van der Waals surface area contributed by atoms with Crippen LogP contribution in [0.15, 0.2) is 0 Å². The van der Waals surface area contributed by atoms with E-state index < -0.39 is 26.0 Å². The third kappa shape index (κ3) is 25.2. The summed E-state index contributed by atoms with van der Waals surface area (Å²) in [7, 11) is -4.34. The number of carboxylic acid groups (broad SMARTS) is 1. The van der Waals surface area contributed by atoms with E-state index in [-0.39, 0.29) is 32.8 Å². The van der Waals surface area contributed by atoms with Gasteiger partial charge in [-0.05, 0) is 25.2 Å². The number of phosphoric acid groups is 1. The summed E-state index contributed by atoms with van der Waals surface area (Å²) < 4.78 is 28.3. The van der Waals surface area contributed by atoms with Crippen molar-refractivity contribution in [2.45, 2.75) is 154 Å². The minimum atomic E-state index is -4.34. The minimum absolute atomic E-state index is 0.0460. The monoisotopic (exact) mass is 595 g/mol. The van der Waals surface area contributed by atoms with Crippen LogP contribution in [0.3, 0.4) is 0 Å². The van der Waals surface area contributed by atoms with E-state index in [9.17, 15) is 19.4 Å². The van der Waals surface area contributed by atoms with Crippen LogP contribution < -0.4 is 5.73 Å². The van der Waals surface area contributed by atoms with Crippen LogP contribution in [0.4, 0.5) is 0 Å². The van der Waals surface area contributed by atoms with Gasteiger partial charge in [-0.1, -0.05) is 117 Å². The molecule has 0 aromatic heterocycles. The number of phosphoric ester groups is 1. The molecule has 0 aromatic rings. The number of carboxylic acids is 1. The lowest BCUT2D eigenvalue weighted by atomic mass is 9.96. The Morgan fingerprint density at radius 1 is 0.775 bits per heavy atom. The summed E-state index contributed by atoms with van der Waals surface area (Å²) in [5.41, 5.74) is 5.36. The first kappa shape index (κ1) is 39.5. The zero-order valence-electron chi connectivity index (χ0n) is 25.6. The summed E-state index contributed by atoms with van der Waals surface area (Å²) in [6, 6.07) is 0. The molecule has 0 amide bonds. The molecule has 0 radical (unpaired) electrons. The Bertz CT molecular complexity index is 625. The number of ether oxygens (including phenoxy) is 1. The SMILES string of the molecule is CCCCCCC(C)CCCCCCCCCCCCC(OP(=O)(O)OCCN)[C@H](CO)OCCCCC(=O)O. The Morgan fingerprint density at radius 2 is 1.30 bits per heavy atom.